The van der Waals surface area contributed by atoms with Crippen molar-refractivity contribution in [3.8, 4) is 0 Å². The fourth-order valence-corrected chi connectivity index (χ4v) is 4.70. The third-order valence-corrected chi connectivity index (χ3v) is 7.28. The van der Waals surface area contributed by atoms with Crippen LogP contribution in [0.1, 0.15) is 25.8 Å². The molecule has 2 rings (SSSR count). The Balaban J connectivity index is 2.44. The highest BCUT2D eigenvalue weighted by atomic mass is 79.9. The van der Waals surface area contributed by atoms with E-state index in [1.165, 1.54) is 4.90 Å². The molecule has 180 valence electrons. The van der Waals surface area contributed by atoms with Crippen LogP contribution in [0.25, 0.3) is 0 Å². The van der Waals surface area contributed by atoms with E-state index in [1.807, 2.05) is 0 Å². The first-order chi connectivity index (χ1) is 15.5. The van der Waals surface area contributed by atoms with E-state index < -0.39 is 28.5 Å². The molecular formula is C22H26BrCl2N3O4S. The summed E-state index contributed by atoms with van der Waals surface area (Å²) in [5.41, 5.74) is 1.00. The van der Waals surface area contributed by atoms with Gasteiger partial charge in [-0.25, -0.2) is 8.42 Å². The molecule has 11 heteroatoms. The van der Waals surface area contributed by atoms with Crippen molar-refractivity contribution in [1.29, 1.82) is 0 Å². The average molecular weight is 579 g/mol. The number of carbonyl (C=O) groups is 2. The second-order valence-electron chi connectivity index (χ2n) is 7.33. The van der Waals surface area contributed by atoms with Gasteiger partial charge in [0.15, 0.2) is 0 Å². The summed E-state index contributed by atoms with van der Waals surface area (Å²) in [5, 5.41) is 3.43. The van der Waals surface area contributed by atoms with Gasteiger partial charge in [0.1, 0.15) is 12.6 Å². The summed E-state index contributed by atoms with van der Waals surface area (Å²) in [7, 11) is -3.78. The number of rotatable bonds is 10. The van der Waals surface area contributed by atoms with Gasteiger partial charge in [-0.05, 0) is 55.3 Å². The molecule has 0 aliphatic carbocycles. The highest BCUT2D eigenvalue weighted by molar-refractivity contribution is 9.10. The van der Waals surface area contributed by atoms with Gasteiger partial charge in [-0.3, -0.25) is 13.9 Å². The van der Waals surface area contributed by atoms with Crippen molar-refractivity contribution in [3.63, 3.8) is 0 Å². The third kappa shape index (κ3) is 7.60. The maximum absolute atomic E-state index is 13.5. The van der Waals surface area contributed by atoms with Crippen molar-refractivity contribution >= 4 is 66.7 Å². The van der Waals surface area contributed by atoms with Gasteiger partial charge in [-0.1, -0.05) is 52.1 Å². The van der Waals surface area contributed by atoms with Gasteiger partial charge in [0.2, 0.25) is 21.8 Å². The Morgan fingerprint density at radius 1 is 1.06 bits per heavy atom. The number of benzene rings is 2. The molecule has 1 N–H and O–H groups in total. The minimum absolute atomic E-state index is 0.0588. The second kappa shape index (κ2) is 12.1. The van der Waals surface area contributed by atoms with Gasteiger partial charge in [-0.2, -0.15) is 0 Å². The predicted molar refractivity (Wildman–Crippen MR) is 136 cm³/mol. The van der Waals surface area contributed by atoms with E-state index in [-0.39, 0.29) is 12.5 Å². The average Bonchev–Trinajstić information content (AvgIpc) is 2.74. The zero-order chi connectivity index (χ0) is 24.8. The van der Waals surface area contributed by atoms with Crippen LogP contribution in [0.4, 0.5) is 5.69 Å². The summed E-state index contributed by atoms with van der Waals surface area (Å²) in [4.78, 5) is 27.6. The molecular weight excluding hydrogens is 553 g/mol. The number of nitrogens with zero attached hydrogens (tertiary/aromatic N) is 2. The van der Waals surface area contributed by atoms with Crippen LogP contribution in [-0.2, 0) is 26.2 Å². The van der Waals surface area contributed by atoms with Crippen molar-refractivity contribution in [3.05, 3.63) is 62.5 Å². The maximum atomic E-state index is 13.5. The quantitative estimate of drug-likeness (QED) is 0.451. The molecule has 0 fully saturated rings. The second-order valence-corrected chi connectivity index (χ2v) is 11.0. The number of anilines is 1. The molecule has 0 aliphatic heterocycles. The summed E-state index contributed by atoms with van der Waals surface area (Å²) >= 11 is 15.5. The minimum atomic E-state index is -3.78. The third-order valence-electron chi connectivity index (χ3n) is 4.87. The first-order valence-electron chi connectivity index (χ1n) is 10.2. The number of hydrogen-bond donors (Lipinski definition) is 1. The molecule has 1 atom stereocenters. The summed E-state index contributed by atoms with van der Waals surface area (Å²) in [6.07, 6.45) is 1.38. The van der Waals surface area contributed by atoms with E-state index in [0.717, 1.165) is 15.0 Å². The van der Waals surface area contributed by atoms with Crippen LogP contribution in [0.2, 0.25) is 10.0 Å². The summed E-state index contributed by atoms with van der Waals surface area (Å²) in [6.45, 7) is 3.58. The molecule has 0 radical (unpaired) electrons. The summed E-state index contributed by atoms with van der Waals surface area (Å²) in [6, 6.07) is 10.7. The van der Waals surface area contributed by atoms with Crippen molar-refractivity contribution in [1.82, 2.24) is 10.2 Å². The standard InChI is InChI=1S/C22H26BrCl2N3O4S/c1-4-20(22(30)26-5-2)27(13-15-6-11-18(24)19(25)12-15)21(29)14-28(33(3,31)32)17-9-7-16(23)8-10-17/h6-12,20H,4-5,13-14H2,1-3H3,(H,26,30)/t20-/m1/s1. The van der Waals surface area contributed by atoms with Crippen molar-refractivity contribution < 1.29 is 18.0 Å². The Labute approximate surface area is 213 Å². The number of likely N-dealkylation sites (N-methyl/N-ethyl adjacent to an activating group) is 1. The maximum Gasteiger partial charge on any atom is 0.244 e. The van der Waals surface area contributed by atoms with Crippen LogP contribution in [0.5, 0.6) is 0 Å². The van der Waals surface area contributed by atoms with Gasteiger partial charge in [0.05, 0.1) is 22.0 Å². The number of nitrogens with one attached hydrogen (secondary N) is 1. The van der Waals surface area contributed by atoms with Crippen LogP contribution in [0.15, 0.2) is 46.9 Å². The molecule has 0 aliphatic rings. The van der Waals surface area contributed by atoms with Crippen LogP contribution >= 0.6 is 39.1 Å². The first kappa shape index (κ1) is 27.4. The van der Waals surface area contributed by atoms with Crippen molar-refractivity contribution in [2.24, 2.45) is 0 Å². The predicted octanol–water partition coefficient (Wildman–Crippen LogP) is 4.47. The van der Waals surface area contributed by atoms with Gasteiger partial charge in [0.25, 0.3) is 0 Å². The Morgan fingerprint density at radius 3 is 2.21 bits per heavy atom. The molecule has 0 heterocycles. The van der Waals surface area contributed by atoms with Crippen LogP contribution < -0.4 is 9.62 Å². The number of halogens is 3. The van der Waals surface area contributed by atoms with Crippen LogP contribution in [0.3, 0.4) is 0 Å². The molecule has 2 amide bonds. The SMILES string of the molecule is CCNC(=O)[C@@H](CC)N(Cc1ccc(Cl)c(Cl)c1)C(=O)CN(c1ccc(Br)cc1)S(C)(=O)=O. The number of sulfonamides is 1. The highest BCUT2D eigenvalue weighted by Crippen LogP contribution is 2.25. The topological polar surface area (TPSA) is 86.8 Å². The van der Waals surface area contributed by atoms with E-state index in [9.17, 15) is 18.0 Å². The fraction of sp³-hybridized carbons (Fsp3) is 0.364. The van der Waals surface area contributed by atoms with Crippen molar-refractivity contribution in [2.75, 3.05) is 23.7 Å². The molecule has 0 aromatic heterocycles. The van der Waals surface area contributed by atoms with Gasteiger partial charge < -0.3 is 10.2 Å². The summed E-state index contributed by atoms with van der Waals surface area (Å²) < 4.78 is 26.8. The molecule has 0 unspecified atom stereocenters. The normalized spacial score (nSPS) is 12.2. The van der Waals surface area contributed by atoms with E-state index in [4.69, 9.17) is 23.2 Å². The molecule has 0 saturated carbocycles. The monoisotopic (exact) mass is 577 g/mol. The number of amides is 2. The minimum Gasteiger partial charge on any atom is -0.355 e. The largest absolute Gasteiger partial charge is 0.355 e. The fourth-order valence-electron chi connectivity index (χ4n) is 3.27. The van der Waals surface area contributed by atoms with Gasteiger partial charge in [-0.15, -0.1) is 0 Å². The lowest BCUT2D eigenvalue weighted by atomic mass is 10.1. The Hall–Kier alpha value is -1.81. The van der Waals surface area contributed by atoms with Gasteiger partial charge in [0, 0.05) is 17.6 Å². The highest BCUT2D eigenvalue weighted by Gasteiger charge is 2.31. The van der Waals surface area contributed by atoms with Crippen molar-refractivity contribution in [2.45, 2.75) is 32.9 Å². The molecule has 33 heavy (non-hydrogen) atoms. The molecule has 0 spiro atoms. The van der Waals surface area contributed by atoms with E-state index in [2.05, 4.69) is 21.2 Å². The smallest absolute Gasteiger partial charge is 0.244 e. The number of hydrogen-bond acceptors (Lipinski definition) is 4. The molecule has 0 bridgehead atoms. The number of carbonyl (C=O) groups excluding carboxylic acids is 2. The zero-order valence-electron chi connectivity index (χ0n) is 18.5. The Morgan fingerprint density at radius 2 is 1.70 bits per heavy atom. The zero-order valence-corrected chi connectivity index (χ0v) is 22.4. The molecule has 0 saturated heterocycles. The lowest BCUT2D eigenvalue weighted by Crippen LogP contribution is -2.52. The Bertz CT molecular complexity index is 1100. The molecule has 2 aromatic carbocycles. The van der Waals surface area contributed by atoms with Crippen LogP contribution in [-0.4, -0.2) is 50.5 Å². The van der Waals surface area contributed by atoms with Gasteiger partial charge >= 0.3 is 0 Å². The van der Waals surface area contributed by atoms with Crippen LogP contribution in [0, 0.1) is 0 Å². The lowest BCUT2D eigenvalue weighted by molar-refractivity contribution is -0.140. The lowest BCUT2D eigenvalue weighted by Gasteiger charge is -2.32. The first-order valence-corrected chi connectivity index (χ1v) is 13.6. The van der Waals surface area contributed by atoms with E-state index in [0.29, 0.717) is 34.3 Å². The Kier molecular flexibility index (Phi) is 10.0. The van der Waals surface area contributed by atoms with E-state index >= 15 is 0 Å². The van der Waals surface area contributed by atoms with E-state index in [1.54, 1.807) is 56.3 Å². The molecule has 7 nitrogen and oxygen atoms in total. The summed E-state index contributed by atoms with van der Waals surface area (Å²) in [5.74, 6) is -0.838. The molecule has 2 aromatic rings.